The summed E-state index contributed by atoms with van der Waals surface area (Å²) >= 11 is 0. The Kier molecular flexibility index (Phi) is 3.91. The first-order chi connectivity index (χ1) is 10.1. The molecule has 3 unspecified atom stereocenters. The molecule has 1 amide bonds. The highest BCUT2D eigenvalue weighted by Crippen LogP contribution is 2.29. The number of nitrogens with one attached hydrogen (secondary N) is 1. The van der Waals surface area contributed by atoms with Gasteiger partial charge in [0.15, 0.2) is 0 Å². The number of rotatable bonds is 2. The summed E-state index contributed by atoms with van der Waals surface area (Å²) in [4.78, 5) is 16.9. The average Bonchev–Trinajstić information content (AvgIpc) is 2.51. The lowest BCUT2D eigenvalue weighted by molar-refractivity contribution is 0.0886. The molecule has 1 heterocycles. The minimum Gasteiger partial charge on any atom is -0.348 e. The molecule has 3 heteroatoms. The summed E-state index contributed by atoms with van der Waals surface area (Å²) in [5.41, 5.74) is 1.38. The van der Waals surface area contributed by atoms with Crippen molar-refractivity contribution in [2.75, 3.05) is 0 Å². The first-order valence-corrected chi connectivity index (χ1v) is 7.82. The fourth-order valence-electron chi connectivity index (χ4n) is 3.22. The van der Waals surface area contributed by atoms with E-state index < -0.39 is 0 Å². The molecule has 1 aromatic carbocycles. The largest absolute Gasteiger partial charge is 0.348 e. The van der Waals surface area contributed by atoms with Gasteiger partial charge in [-0.2, -0.15) is 0 Å². The minimum atomic E-state index is -0.0493. The monoisotopic (exact) mass is 282 g/mol. The summed E-state index contributed by atoms with van der Waals surface area (Å²) in [5.74, 6) is 1.16. The van der Waals surface area contributed by atoms with Crippen LogP contribution in [-0.4, -0.2) is 16.9 Å². The molecule has 0 spiro atoms. The number of benzene rings is 1. The van der Waals surface area contributed by atoms with Crippen LogP contribution in [0.3, 0.4) is 0 Å². The molecule has 3 atom stereocenters. The second-order valence-electron chi connectivity index (χ2n) is 6.24. The van der Waals surface area contributed by atoms with Crippen molar-refractivity contribution in [3.63, 3.8) is 0 Å². The Labute approximate surface area is 125 Å². The quantitative estimate of drug-likeness (QED) is 0.910. The van der Waals surface area contributed by atoms with Gasteiger partial charge in [-0.25, -0.2) is 4.98 Å². The zero-order valence-electron chi connectivity index (χ0n) is 12.7. The average molecular weight is 282 g/mol. The van der Waals surface area contributed by atoms with Gasteiger partial charge in [-0.15, -0.1) is 0 Å². The third-order valence-electron chi connectivity index (χ3n) is 4.85. The maximum atomic E-state index is 12.4. The van der Waals surface area contributed by atoms with Crippen LogP contribution in [0.4, 0.5) is 0 Å². The zero-order chi connectivity index (χ0) is 14.8. The van der Waals surface area contributed by atoms with E-state index >= 15 is 0 Å². The molecule has 1 fully saturated rings. The molecule has 1 aliphatic carbocycles. The van der Waals surface area contributed by atoms with Crippen LogP contribution in [0.25, 0.3) is 10.9 Å². The smallest absolute Gasteiger partial charge is 0.270 e. The molecule has 3 rings (SSSR count). The van der Waals surface area contributed by atoms with Crippen LogP contribution in [0.5, 0.6) is 0 Å². The van der Waals surface area contributed by atoms with Gasteiger partial charge in [-0.1, -0.05) is 51.0 Å². The molecule has 1 aliphatic rings. The van der Waals surface area contributed by atoms with Crippen molar-refractivity contribution < 1.29 is 4.79 Å². The molecular weight excluding hydrogens is 260 g/mol. The molecule has 0 aliphatic heterocycles. The van der Waals surface area contributed by atoms with Gasteiger partial charge in [0.2, 0.25) is 0 Å². The Balaban J connectivity index is 1.77. The summed E-state index contributed by atoms with van der Waals surface area (Å²) in [6, 6.07) is 11.9. The van der Waals surface area contributed by atoms with Crippen molar-refractivity contribution in [3.05, 3.63) is 42.1 Å². The van der Waals surface area contributed by atoms with Gasteiger partial charge in [0.1, 0.15) is 5.69 Å². The summed E-state index contributed by atoms with van der Waals surface area (Å²) < 4.78 is 0. The Morgan fingerprint density at radius 1 is 1.14 bits per heavy atom. The lowest BCUT2D eigenvalue weighted by atomic mass is 9.78. The van der Waals surface area contributed by atoms with Crippen molar-refractivity contribution in [2.24, 2.45) is 11.8 Å². The standard InChI is InChI=1S/C18H22N2O/c1-12-6-5-9-15(13(12)2)20-18(21)17-11-10-14-7-3-4-8-16(14)19-17/h3-4,7-8,10-13,15H,5-6,9H2,1-2H3,(H,20,21). The Morgan fingerprint density at radius 2 is 1.95 bits per heavy atom. The van der Waals surface area contributed by atoms with Gasteiger partial charge >= 0.3 is 0 Å². The van der Waals surface area contributed by atoms with Gasteiger partial charge in [0.25, 0.3) is 5.91 Å². The summed E-state index contributed by atoms with van der Waals surface area (Å²) in [6.07, 6.45) is 3.54. The van der Waals surface area contributed by atoms with Crippen LogP contribution >= 0.6 is 0 Å². The first-order valence-electron chi connectivity index (χ1n) is 7.82. The predicted molar refractivity (Wildman–Crippen MR) is 85.2 cm³/mol. The molecule has 21 heavy (non-hydrogen) atoms. The van der Waals surface area contributed by atoms with Crippen molar-refractivity contribution in [3.8, 4) is 0 Å². The molecular formula is C18H22N2O. The molecule has 1 saturated carbocycles. The van der Waals surface area contributed by atoms with Crippen LogP contribution in [0.15, 0.2) is 36.4 Å². The first kappa shape index (κ1) is 14.1. The van der Waals surface area contributed by atoms with E-state index in [9.17, 15) is 4.79 Å². The molecule has 0 bridgehead atoms. The van der Waals surface area contributed by atoms with E-state index in [1.165, 1.54) is 12.8 Å². The van der Waals surface area contributed by atoms with Crippen molar-refractivity contribution in [2.45, 2.75) is 39.2 Å². The third-order valence-corrected chi connectivity index (χ3v) is 4.85. The molecule has 0 saturated heterocycles. The fraction of sp³-hybridized carbons (Fsp3) is 0.444. The topological polar surface area (TPSA) is 42.0 Å². The van der Waals surface area contributed by atoms with E-state index in [0.717, 1.165) is 17.3 Å². The number of pyridine rings is 1. The van der Waals surface area contributed by atoms with Gasteiger partial charge in [0.05, 0.1) is 5.52 Å². The molecule has 0 radical (unpaired) electrons. The van der Waals surface area contributed by atoms with E-state index in [1.54, 1.807) is 0 Å². The molecule has 2 aromatic rings. The van der Waals surface area contributed by atoms with E-state index in [2.05, 4.69) is 24.1 Å². The van der Waals surface area contributed by atoms with E-state index in [-0.39, 0.29) is 11.9 Å². The van der Waals surface area contributed by atoms with Gasteiger partial charge in [-0.05, 0) is 30.4 Å². The van der Waals surface area contributed by atoms with E-state index in [1.807, 2.05) is 36.4 Å². The predicted octanol–water partition coefficient (Wildman–Crippen LogP) is 3.79. The normalized spacial score (nSPS) is 25.7. The fourth-order valence-corrected chi connectivity index (χ4v) is 3.22. The second-order valence-corrected chi connectivity index (χ2v) is 6.24. The third kappa shape index (κ3) is 2.92. The van der Waals surface area contributed by atoms with Crippen LogP contribution in [-0.2, 0) is 0 Å². The van der Waals surface area contributed by atoms with E-state index in [4.69, 9.17) is 0 Å². The number of fused-ring (bicyclic) bond motifs is 1. The number of nitrogens with zero attached hydrogens (tertiary/aromatic N) is 1. The summed E-state index contributed by atoms with van der Waals surface area (Å²) in [5, 5.41) is 4.24. The lowest BCUT2D eigenvalue weighted by Crippen LogP contribution is -2.43. The van der Waals surface area contributed by atoms with E-state index in [0.29, 0.717) is 17.5 Å². The summed E-state index contributed by atoms with van der Waals surface area (Å²) in [6.45, 7) is 4.51. The number of carbonyl (C=O) groups is 1. The van der Waals surface area contributed by atoms with Crippen molar-refractivity contribution in [1.82, 2.24) is 10.3 Å². The zero-order valence-corrected chi connectivity index (χ0v) is 12.7. The van der Waals surface area contributed by atoms with Crippen LogP contribution in [0.2, 0.25) is 0 Å². The highest BCUT2D eigenvalue weighted by atomic mass is 16.1. The number of amides is 1. The number of aromatic nitrogens is 1. The molecule has 3 nitrogen and oxygen atoms in total. The summed E-state index contributed by atoms with van der Waals surface area (Å²) in [7, 11) is 0. The maximum absolute atomic E-state index is 12.4. The van der Waals surface area contributed by atoms with Crippen LogP contribution in [0.1, 0.15) is 43.6 Å². The Morgan fingerprint density at radius 3 is 2.81 bits per heavy atom. The second kappa shape index (κ2) is 5.84. The Hall–Kier alpha value is -1.90. The molecule has 1 aromatic heterocycles. The van der Waals surface area contributed by atoms with Crippen molar-refractivity contribution in [1.29, 1.82) is 0 Å². The van der Waals surface area contributed by atoms with Crippen LogP contribution in [0, 0.1) is 11.8 Å². The maximum Gasteiger partial charge on any atom is 0.270 e. The Bertz CT molecular complexity index is 652. The number of hydrogen-bond acceptors (Lipinski definition) is 2. The van der Waals surface area contributed by atoms with Gasteiger partial charge < -0.3 is 5.32 Å². The highest BCUT2D eigenvalue weighted by Gasteiger charge is 2.28. The number of hydrogen-bond donors (Lipinski definition) is 1. The molecule has 1 N–H and O–H groups in total. The number of para-hydroxylation sites is 1. The van der Waals surface area contributed by atoms with Gasteiger partial charge in [-0.3, -0.25) is 4.79 Å². The lowest BCUT2D eigenvalue weighted by Gasteiger charge is -2.34. The SMILES string of the molecule is CC1CCCC(NC(=O)c2ccc3ccccc3n2)C1C. The minimum absolute atomic E-state index is 0.0493. The highest BCUT2D eigenvalue weighted by molar-refractivity contribution is 5.95. The number of carbonyl (C=O) groups excluding carboxylic acids is 1. The van der Waals surface area contributed by atoms with Crippen LogP contribution < -0.4 is 5.32 Å². The van der Waals surface area contributed by atoms with Crippen molar-refractivity contribution >= 4 is 16.8 Å². The molecule has 110 valence electrons. The van der Waals surface area contributed by atoms with Gasteiger partial charge in [0, 0.05) is 11.4 Å².